The highest BCUT2D eigenvalue weighted by molar-refractivity contribution is 6.00. The van der Waals surface area contributed by atoms with Gasteiger partial charge in [0.15, 0.2) is 11.5 Å². The van der Waals surface area contributed by atoms with E-state index in [9.17, 15) is 14.9 Å². The van der Waals surface area contributed by atoms with Gasteiger partial charge < -0.3 is 19.7 Å². The van der Waals surface area contributed by atoms with Crippen LogP contribution in [0.1, 0.15) is 62.7 Å². The molecule has 164 valence electrons. The Morgan fingerprint density at radius 2 is 1.93 bits per heavy atom. The van der Waals surface area contributed by atoms with Gasteiger partial charge in [0.25, 0.3) is 5.91 Å². The van der Waals surface area contributed by atoms with E-state index in [0.717, 1.165) is 38.5 Å². The number of nitrogens with zero attached hydrogens (tertiary/aromatic N) is 2. The summed E-state index contributed by atoms with van der Waals surface area (Å²) in [4.78, 5) is 27.7. The second-order valence-electron chi connectivity index (χ2n) is 7.74. The maximum absolute atomic E-state index is 13.1. The molecule has 2 amide bonds. The molecule has 1 heterocycles. The smallest absolute Gasteiger partial charge is 0.254 e. The van der Waals surface area contributed by atoms with Gasteiger partial charge in [-0.15, -0.1) is 0 Å². The quantitative estimate of drug-likeness (QED) is 0.651. The average Bonchev–Trinajstić information content (AvgIpc) is 2.77. The lowest BCUT2D eigenvalue weighted by Crippen LogP contribution is -2.39. The molecule has 0 aromatic heterocycles. The number of rotatable bonds is 9. The van der Waals surface area contributed by atoms with Crippen LogP contribution in [-0.2, 0) is 4.79 Å². The van der Waals surface area contributed by atoms with Crippen molar-refractivity contribution in [3.05, 3.63) is 17.7 Å². The number of ether oxygens (including phenoxy) is 2. The molecular weight excluding hydrogens is 382 g/mol. The number of carbonyl (C=O) groups is 2. The fourth-order valence-electron chi connectivity index (χ4n) is 3.97. The Hall–Kier alpha value is -2.75. The van der Waals surface area contributed by atoms with E-state index >= 15 is 0 Å². The van der Waals surface area contributed by atoms with Crippen molar-refractivity contribution in [1.82, 2.24) is 4.90 Å². The molecule has 30 heavy (non-hydrogen) atoms. The van der Waals surface area contributed by atoms with Crippen molar-refractivity contribution in [3.8, 4) is 17.6 Å². The van der Waals surface area contributed by atoms with Crippen molar-refractivity contribution >= 4 is 17.5 Å². The third kappa shape index (κ3) is 5.65. The number of anilines is 1. The highest BCUT2D eigenvalue weighted by atomic mass is 16.5. The Bertz CT molecular complexity index is 781. The van der Waals surface area contributed by atoms with E-state index in [1.54, 1.807) is 17.0 Å². The summed E-state index contributed by atoms with van der Waals surface area (Å²) in [6.45, 7) is 5.15. The number of piperidine rings is 1. The molecule has 1 saturated heterocycles. The lowest BCUT2D eigenvalue weighted by atomic mass is 9.97. The third-order valence-corrected chi connectivity index (χ3v) is 5.52. The number of hydrogen-bond donors (Lipinski definition) is 1. The fraction of sp³-hybridized carbons (Fsp3) is 0.609. The van der Waals surface area contributed by atoms with Crippen LogP contribution in [0, 0.1) is 23.2 Å². The van der Waals surface area contributed by atoms with E-state index < -0.39 is 0 Å². The van der Waals surface area contributed by atoms with Crippen molar-refractivity contribution in [2.75, 3.05) is 32.6 Å². The van der Waals surface area contributed by atoms with Crippen molar-refractivity contribution in [3.63, 3.8) is 0 Å². The first-order valence-corrected chi connectivity index (χ1v) is 10.7. The van der Waals surface area contributed by atoms with Crippen molar-refractivity contribution in [1.29, 1.82) is 5.26 Å². The molecule has 7 heteroatoms. The molecular formula is C23H33N3O4. The third-order valence-electron chi connectivity index (χ3n) is 5.52. The van der Waals surface area contributed by atoms with Gasteiger partial charge in [0, 0.05) is 24.6 Å². The largest absolute Gasteiger partial charge is 0.493 e. The summed E-state index contributed by atoms with van der Waals surface area (Å²) >= 11 is 0. The normalized spacial score (nSPS) is 16.1. The van der Waals surface area contributed by atoms with E-state index in [-0.39, 0.29) is 23.7 Å². The highest BCUT2D eigenvalue weighted by Crippen LogP contribution is 2.37. The predicted molar refractivity (Wildman–Crippen MR) is 116 cm³/mol. The van der Waals surface area contributed by atoms with E-state index in [4.69, 9.17) is 9.47 Å². The Balaban J connectivity index is 2.34. The van der Waals surface area contributed by atoms with Crippen LogP contribution in [0.15, 0.2) is 12.1 Å². The standard InChI is InChI=1S/C23H33N3O4/c1-5-8-17(9-6-2)22(27)25-19-12-18(13-20(29-3)21(19)30-4)23(28)26-11-7-10-16(14-24)15-26/h12-13,16-17H,5-11,15H2,1-4H3,(H,25,27). The van der Waals surface area contributed by atoms with Crippen LogP contribution in [0.4, 0.5) is 5.69 Å². The van der Waals surface area contributed by atoms with Gasteiger partial charge in [0.05, 0.1) is 31.9 Å². The summed E-state index contributed by atoms with van der Waals surface area (Å²) in [5.41, 5.74) is 0.834. The Morgan fingerprint density at radius 1 is 1.23 bits per heavy atom. The van der Waals surface area contributed by atoms with Crippen LogP contribution in [0.5, 0.6) is 11.5 Å². The van der Waals surface area contributed by atoms with E-state index in [1.807, 2.05) is 0 Å². The van der Waals surface area contributed by atoms with Gasteiger partial charge in [-0.05, 0) is 37.8 Å². The van der Waals surface area contributed by atoms with Crippen LogP contribution in [0.2, 0.25) is 0 Å². The number of amides is 2. The molecule has 1 atom stereocenters. The second kappa shape index (κ2) is 11.4. The summed E-state index contributed by atoms with van der Waals surface area (Å²) in [5, 5.41) is 12.2. The summed E-state index contributed by atoms with van der Waals surface area (Å²) in [6.07, 6.45) is 5.07. The number of likely N-dealkylation sites (tertiary alicyclic amines) is 1. The molecule has 0 saturated carbocycles. The maximum atomic E-state index is 13.1. The number of methoxy groups -OCH3 is 2. The fourth-order valence-corrected chi connectivity index (χ4v) is 3.97. The van der Waals surface area contributed by atoms with Gasteiger partial charge in [-0.2, -0.15) is 5.26 Å². The van der Waals surface area contributed by atoms with Gasteiger partial charge >= 0.3 is 0 Å². The summed E-state index contributed by atoms with van der Waals surface area (Å²) in [5.74, 6) is 0.286. The zero-order valence-corrected chi connectivity index (χ0v) is 18.5. The average molecular weight is 416 g/mol. The molecule has 7 nitrogen and oxygen atoms in total. The topological polar surface area (TPSA) is 91.7 Å². The molecule has 1 aliphatic rings. The summed E-state index contributed by atoms with van der Waals surface area (Å²) < 4.78 is 10.9. The van der Waals surface area contributed by atoms with E-state index in [1.165, 1.54) is 14.2 Å². The van der Waals surface area contributed by atoms with Crippen LogP contribution in [0.3, 0.4) is 0 Å². The number of benzene rings is 1. The highest BCUT2D eigenvalue weighted by Gasteiger charge is 2.27. The number of nitriles is 1. The molecule has 0 bridgehead atoms. The number of hydrogen-bond acceptors (Lipinski definition) is 5. The first-order valence-electron chi connectivity index (χ1n) is 10.7. The number of carbonyl (C=O) groups excluding carboxylic acids is 2. The number of nitrogens with one attached hydrogen (secondary N) is 1. The van der Waals surface area contributed by atoms with E-state index in [0.29, 0.717) is 35.8 Å². The van der Waals surface area contributed by atoms with E-state index in [2.05, 4.69) is 25.2 Å². The van der Waals surface area contributed by atoms with Crippen molar-refractivity contribution in [2.24, 2.45) is 11.8 Å². The second-order valence-corrected chi connectivity index (χ2v) is 7.74. The molecule has 1 N–H and O–H groups in total. The lowest BCUT2D eigenvalue weighted by molar-refractivity contribution is -0.120. The first kappa shape index (κ1) is 23.5. The zero-order chi connectivity index (χ0) is 22.1. The molecule has 1 fully saturated rings. The molecule has 0 radical (unpaired) electrons. The van der Waals surface area contributed by atoms with Gasteiger partial charge in [0.1, 0.15) is 0 Å². The molecule has 0 spiro atoms. The minimum atomic E-state index is -0.176. The maximum Gasteiger partial charge on any atom is 0.254 e. The molecule has 1 aliphatic heterocycles. The Morgan fingerprint density at radius 3 is 2.50 bits per heavy atom. The summed E-state index contributed by atoms with van der Waals surface area (Å²) in [7, 11) is 3.01. The van der Waals surface area contributed by atoms with Gasteiger partial charge in [-0.25, -0.2) is 0 Å². The van der Waals surface area contributed by atoms with Gasteiger partial charge in [0.2, 0.25) is 5.91 Å². The summed E-state index contributed by atoms with van der Waals surface area (Å²) in [6, 6.07) is 5.53. The zero-order valence-electron chi connectivity index (χ0n) is 18.5. The molecule has 1 aromatic carbocycles. The van der Waals surface area contributed by atoms with Crippen LogP contribution < -0.4 is 14.8 Å². The minimum absolute atomic E-state index is 0.0776. The SMILES string of the molecule is CCCC(CCC)C(=O)Nc1cc(C(=O)N2CCCC(C#N)C2)cc(OC)c1OC. The Kier molecular flexibility index (Phi) is 8.97. The molecule has 1 unspecified atom stereocenters. The van der Waals surface area contributed by atoms with Crippen LogP contribution >= 0.6 is 0 Å². The van der Waals surface area contributed by atoms with Crippen molar-refractivity contribution in [2.45, 2.75) is 52.4 Å². The molecule has 0 aliphatic carbocycles. The van der Waals surface area contributed by atoms with Crippen LogP contribution in [0.25, 0.3) is 0 Å². The monoisotopic (exact) mass is 415 g/mol. The van der Waals surface area contributed by atoms with Gasteiger partial charge in [-0.1, -0.05) is 26.7 Å². The van der Waals surface area contributed by atoms with Crippen molar-refractivity contribution < 1.29 is 19.1 Å². The molecule has 1 aromatic rings. The Labute approximate surface area is 179 Å². The predicted octanol–water partition coefficient (Wildman–Crippen LogP) is 4.23. The molecule has 2 rings (SSSR count). The lowest BCUT2D eigenvalue weighted by Gasteiger charge is -2.30. The first-order chi connectivity index (χ1) is 14.5. The van der Waals surface area contributed by atoms with Gasteiger partial charge in [-0.3, -0.25) is 9.59 Å². The minimum Gasteiger partial charge on any atom is -0.493 e. The van der Waals surface area contributed by atoms with Crippen LogP contribution in [-0.4, -0.2) is 44.0 Å².